The lowest BCUT2D eigenvalue weighted by molar-refractivity contribution is 0.428. The van der Waals surface area contributed by atoms with Gasteiger partial charge >= 0.3 is 0 Å². The van der Waals surface area contributed by atoms with Crippen molar-refractivity contribution in [2.24, 2.45) is 17.8 Å². The fourth-order valence-electron chi connectivity index (χ4n) is 8.31. The van der Waals surface area contributed by atoms with Crippen LogP contribution in [0.5, 0.6) is 0 Å². The lowest BCUT2D eigenvalue weighted by atomic mass is 9.83. The SMILES string of the molecule is CCCCCCCCC(/C=C(/CCCC/C=C(\CCCCn1ccnc1)CC(CC)CCCCCCCC)C(CC)CCCCCCCC)CC. The van der Waals surface area contributed by atoms with Crippen molar-refractivity contribution in [3.8, 4) is 0 Å². The zero-order valence-electron chi connectivity index (χ0n) is 35.8. The maximum Gasteiger partial charge on any atom is 0.0945 e. The van der Waals surface area contributed by atoms with Gasteiger partial charge in [-0.1, -0.05) is 193 Å². The molecule has 1 aromatic heterocycles. The minimum atomic E-state index is 0.788. The summed E-state index contributed by atoms with van der Waals surface area (Å²) in [4.78, 5) is 4.25. The number of imidazole rings is 1. The van der Waals surface area contributed by atoms with Crippen LogP contribution in [0.3, 0.4) is 0 Å². The molecular formula is C49H92N2. The first-order valence-electron chi connectivity index (χ1n) is 23.5. The van der Waals surface area contributed by atoms with Gasteiger partial charge < -0.3 is 4.57 Å². The largest absolute Gasteiger partial charge is 0.337 e. The summed E-state index contributed by atoms with van der Waals surface area (Å²) in [5.41, 5.74) is 3.62. The molecule has 0 aliphatic heterocycles. The fraction of sp³-hybridized carbons (Fsp3) is 0.857. The molecule has 51 heavy (non-hydrogen) atoms. The van der Waals surface area contributed by atoms with E-state index in [1.54, 1.807) is 5.57 Å². The Hall–Kier alpha value is -1.31. The highest BCUT2D eigenvalue weighted by atomic mass is 15.0. The van der Waals surface area contributed by atoms with Crippen molar-refractivity contribution < 1.29 is 0 Å². The maximum absolute atomic E-state index is 4.25. The van der Waals surface area contributed by atoms with Crippen LogP contribution in [0.25, 0.3) is 0 Å². The second kappa shape index (κ2) is 35.7. The molecule has 0 bridgehead atoms. The molecule has 1 aromatic rings. The van der Waals surface area contributed by atoms with Crippen LogP contribution in [0, 0.1) is 17.8 Å². The summed E-state index contributed by atoms with van der Waals surface area (Å²) in [5, 5.41) is 0. The average molecular weight is 709 g/mol. The van der Waals surface area contributed by atoms with Crippen molar-refractivity contribution in [1.29, 1.82) is 0 Å². The minimum Gasteiger partial charge on any atom is -0.337 e. The van der Waals surface area contributed by atoms with E-state index in [2.05, 4.69) is 69.4 Å². The molecular weight excluding hydrogens is 617 g/mol. The zero-order chi connectivity index (χ0) is 37.0. The predicted octanol–water partition coefficient (Wildman–Crippen LogP) is 17.2. The Bertz CT molecular complexity index is 895. The average Bonchev–Trinajstić information content (AvgIpc) is 3.67. The lowest BCUT2D eigenvalue weighted by Gasteiger charge is -2.22. The quantitative estimate of drug-likeness (QED) is 0.0494. The van der Waals surface area contributed by atoms with Crippen molar-refractivity contribution in [3.05, 3.63) is 42.0 Å². The van der Waals surface area contributed by atoms with Gasteiger partial charge in [-0.15, -0.1) is 0 Å². The maximum atomic E-state index is 4.25. The van der Waals surface area contributed by atoms with Crippen molar-refractivity contribution in [3.63, 3.8) is 0 Å². The van der Waals surface area contributed by atoms with E-state index in [9.17, 15) is 0 Å². The first-order chi connectivity index (χ1) is 25.1. The topological polar surface area (TPSA) is 17.8 Å². The molecule has 0 spiro atoms. The number of unbranched alkanes of at least 4 members (excludes halogenated alkanes) is 18. The summed E-state index contributed by atoms with van der Waals surface area (Å²) in [5.74, 6) is 2.47. The molecule has 0 saturated carbocycles. The Morgan fingerprint density at radius 1 is 0.569 bits per heavy atom. The van der Waals surface area contributed by atoms with E-state index in [0.29, 0.717) is 0 Å². The summed E-state index contributed by atoms with van der Waals surface area (Å²) in [6, 6.07) is 0. The summed E-state index contributed by atoms with van der Waals surface area (Å²) in [6.07, 6.45) is 55.8. The van der Waals surface area contributed by atoms with Crippen LogP contribution < -0.4 is 0 Å². The molecule has 0 radical (unpaired) electrons. The van der Waals surface area contributed by atoms with Gasteiger partial charge in [0.1, 0.15) is 0 Å². The minimum absolute atomic E-state index is 0.788. The van der Waals surface area contributed by atoms with Crippen LogP contribution in [0.1, 0.15) is 247 Å². The number of hydrogen-bond donors (Lipinski definition) is 0. The smallest absolute Gasteiger partial charge is 0.0945 e. The van der Waals surface area contributed by atoms with Gasteiger partial charge in [0.15, 0.2) is 0 Å². The fourth-order valence-corrected chi connectivity index (χ4v) is 8.31. The molecule has 3 atom stereocenters. The van der Waals surface area contributed by atoms with Crippen LogP contribution in [0.4, 0.5) is 0 Å². The third kappa shape index (κ3) is 27.0. The van der Waals surface area contributed by atoms with Crippen molar-refractivity contribution in [2.45, 2.75) is 254 Å². The van der Waals surface area contributed by atoms with Crippen molar-refractivity contribution in [2.75, 3.05) is 0 Å². The molecule has 2 heteroatoms. The van der Waals surface area contributed by atoms with Gasteiger partial charge in [0.2, 0.25) is 0 Å². The monoisotopic (exact) mass is 709 g/mol. The summed E-state index contributed by atoms with van der Waals surface area (Å²) in [6.45, 7) is 15.5. The van der Waals surface area contributed by atoms with Crippen LogP contribution in [-0.4, -0.2) is 9.55 Å². The molecule has 3 unspecified atom stereocenters. The lowest BCUT2D eigenvalue weighted by Crippen LogP contribution is -2.07. The van der Waals surface area contributed by atoms with E-state index in [1.807, 2.05) is 18.1 Å². The molecule has 0 amide bonds. The molecule has 1 rings (SSSR count). The standard InChI is InChI=1S/C49H92N2/c1-7-13-16-19-22-26-33-45(10-4)42-47(36-31-32-40-51-41-39-50-44-51)35-28-25-30-38-49(48(12-6)37-29-24-21-18-15-9-3)43-46(11-5)34-27-23-20-17-14-8-2/h35,39,41,43-46,48H,7-34,36-38,40,42H2,1-6H3/b47-35+,49-43-. The van der Waals surface area contributed by atoms with Crippen LogP contribution in [0.15, 0.2) is 42.0 Å². The first kappa shape index (κ1) is 47.7. The second-order valence-corrected chi connectivity index (χ2v) is 16.5. The van der Waals surface area contributed by atoms with Gasteiger partial charge in [-0.05, 0) is 94.8 Å². The van der Waals surface area contributed by atoms with Crippen LogP contribution in [0.2, 0.25) is 0 Å². The van der Waals surface area contributed by atoms with E-state index in [-0.39, 0.29) is 0 Å². The highest BCUT2D eigenvalue weighted by Crippen LogP contribution is 2.31. The Morgan fingerprint density at radius 2 is 1.16 bits per heavy atom. The molecule has 0 fully saturated rings. The Labute approximate surface area is 321 Å². The predicted molar refractivity (Wildman–Crippen MR) is 231 cm³/mol. The molecule has 0 aliphatic rings. The normalized spacial score (nSPS) is 14.3. The highest BCUT2D eigenvalue weighted by molar-refractivity contribution is 5.09. The Balaban J connectivity index is 2.82. The van der Waals surface area contributed by atoms with Crippen molar-refractivity contribution >= 4 is 0 Å². The third-order valence-electron chi connectivity index (χ3n) is 12.0. The van der Waals surface area contributed by atoms with Gasteiger partial charge in [-0.3, -0.25) is 0 Å². The number of nitrogens with zero attached hydrogens (tertiary/aromatic N) is 2. The molecule has 0 aliphatic carbocycles. The summed E-state index contributed by atoms with van der Waals surface area (Å²) >= 11 is 0. The zero-order valence-corrected chi connectivity index (χ0v) is 35.8. The molecule has 0 N–H and O–H groups in total. The van der Waals surface area contributed by atoms with E-state index in [1.165, 1.54) is 205 Å². The highest BCUT2D eigenvalue weighted by Gasteiger charge is 2.15. The Kier molecular flexibility index (Phi) is 33.4. The number of aromatic nitrogens is 2. The van der Waals surface area contributed by atoms with E-state index < -0.39 is 0 Å². The summed E-state index contributed by atoms with van der Waals surface area (Å²) in [7, 11) is 0. The van der Waals surface area contributed by atoms with E-state index in [4.69, 9.17) is 0 Å². The third-order valence-corrected chi connectivity index (χ3v) is 12.0. The molecule has 0 aromatic carbocycles. The van der Waals surface area contributed by atoms with Gasteiger partial charge in [-0.25, -0.2) is 4.98 Å². The molecule has 0 saturated heterocycles. The second-order valence-electron chi connectivity index (χ2n) is 16.5. The number of hydrogen-bond acceptors (Lipinski definition) is 1. The van der Waals surface area contributed by atoms with Gasteiger partial charge in [0.05, 0.1) is 6.33 Å². The molecule has 1 heterocycles. The van der Waals surface area contributed by atoms with Crippen molar-refractivity contribution in [1.82, 2.24) is 9.55 Å². The van der Waals surface area contributed by atoms with Gasteiger partial charge in [0, 0.05) is 18.9 Å². The summed E-state index contributed by atoms with van der Waals surface area (Å²) < 4.78 is 2.24. The molecule has 2 nitrogen and oxygen atoms in total. The first-order valence-corrected chi connectivity index (χ1v) is 23.5. The number of allylic oxidation sites excluding steroid dienone is 4. The van der Waals surface area contributed by atoms with Crippen LogP contribution >= 0.6 is 0 Å². The van der Waals surface area contributed by atoms with E-state index >= 15 is 0 Å². The Morgan fingerprint density at radius 3 is 1.73 bits per heavy atom. The van der Waals surface area contributed by atoms with E-state index in [0.717, 1.165) is 24.3 Å². The van der Waals surface area contributed by atoms with Gasteiger partial charge in [0.25, 0.3) is 0 Å². The van der Waals surface area contributed by atoms with Gasteiger partial charge in [-0.2, -0.15) is 0 Å². The molecule has 298 valence electrons. The number of rotatable bonds is 38. The van der Waals surface area contributed by atoms with Crippen LogP contribution in [-0.2, 0) is 6.54 Å². The number of aryl methyl sites for hydroxylation is 1.